The molecule has 2 atom stereocenters. The highest BCUT2D eigenvalue weighted by molar-refractivity contribution is 7.13. The number of ether oxygens (including phenoxy) is 2. The lowest BCUT2D eigenvalue weighted by atomic mass is 10.0. The maximum atomic E-state index is 14.4. The minimum absolute atomic E-state index is 0.0196. The maximum Gasteiger partial charge on any atom is 0.264 e. The van der Waals surface area contributed by atoms with Gasteiger partial charge in [-0.05, 0) is 67.3 Å². The molecular weight excluding hydrogens is 914 g/mol. The lowest BCUT2D eigenvalue weighted by Crippen LogP contribution is -2.54. The molecule has 0 aliphatic carbocycles. The monoisotopic (exact) mass is 965 g/mol. The number of imide groups is 2. The molecule has 6 heterocycles. The molecule has 3 aromatic carbocycles. The number of hydrogen-bond acceptors (Lipinski definition) is 15. The molecule has 1 aromatic heterocycles. The van der Waals surface area contributed by atoms with Gasteiger partial charge in [-0.15, -0.1) is 11.3 Å². The van der Waals surface area contributed by atoms with Crippen LogP contribution in [0, 0.1) is 5.82 Å². The number of fused-ring (bicyclic) bond motifs is 2. The first-order valence-corrected chi connectivity index (χ1v) is 24.0. The van der Waals surface area contributed by atoms with Gasteiger partial charge in [0.05, 0.1) is 44.0 Å². The predicted octanol–water partition coefficient (Wildman–Crippen LogP) is 3.37. The number of thiazole rings is 1. The van der Waals surface area contributed by atoms with Crippen molar-refractivity contribution in [3.8, 4) is 5.75 Å². The van der Waals surface area contributed by atoms with E-state index >= 15 is 0 Å². The van der Waals surface area contributed by atoms with Crippen molar-refractivity contribution in [1.82, 2.24) is 29.9 Å². The lowest BCUT2D eigenvalue weighted by molar-refractivity contribution is -0.136. The van der Waals surface area contributed by atoms with Crippen molar-refractivity contribution >= 4 is 69.2 Å². The number of carbonyl (C=O) groups excluding carboxylic acids is 7. The van der Waals surface area contributed by atoms with Crippen molar-refractivity contribution in [3.63, 3.8) is 0 Å². The van der Waals surface area contributed by atoms with E-state index in [1.54, 1.807) is 17.5 Å². The van der Waals surface area contributed by atoms with Crippen LogP contribution in [0.15, 0.2) is 66.2 Å². The number of nitrogens with one attached hydrogen (secondary N) is 3. The number of phenolic OH excluding ortho intramolecular Hbond substituents is 1. The molecule has 362 valence electrons. The standard InChI is InChI=1S/C48H52FN9O10S/c49-30-5-8-38(59)35(26-30)42(44(63)53-48-51-14-25-69-48)57-28-29-4-6-32(27-34(29)45(57)64)54-15-10-31(11-16-54)55-17-19-56(20-18-55)40(61)12-21-67-23-24-68-22-13-50-36-3-1-2-33-41(36)47(66)58(46(33)65)37-7-9-39(60)52-43(37)62/h1-6,8,14,25-27,31,37,42,50,59H,7,9-13,15-24,28H2,(H,51,53,63)(H,52,60,62). The predicted molar refractivity (Wildman–Crippen MR) is 249 cm³/mol. The third-order valence-electron chi connectivity index (χ3n) is 13.3. The van der Waals surface area contributed by atoms with E-state index in [2.05, 4.69) is 30.7 Å². The van der Waals surface area contributed by atoms with Gasteiger partial charge in [0, 0.05) is 98.9 Å². The average molecular weight is 966 g/mol. The number of rotatable bonds is 17. The Morgan fingerprint density at radius 1 is 0.870 bits per heavy atom. The summed E-state index contributed by atoms with van der Waals surface area (Å²) in [6.45, 7) is 5.95. The average Bonchev–Trinajstić information content (AvgIpc) is 4.05. The Balaban J connectivity index is 0.667. The fourth-order valence-electron chi connectivity index (χ4n) is 9.76. The van der Waals surface area contributed by atoms with E-state index in [1.807, 2.05) is 23.1 Å². The molecule has 19 nitrogen and oxygen atoms in total. The van der Waals surface area contributed by atoms with Crippen LogP contribution in [0.2, 0.25) is 0 Å². The Kier molecular flexibility index (Phi) is 14.3. The second-order valence-electron chi connectivity index (χ2n) is 17.4. The maximum absolute atomic E-state index is 14.4. The van der Waals surface area contributed by atoms with Gasteiger partial charge in [-0.25, -0.2) is 9.37 Å². The van der Waals surface area contributed by atoms with Crippen molar-refractivity contribution in [2.45, 2.75) is 56.8 Å². The normalized spacial score (nSPS) is 19.2. The van der Waals surface area contributed by atoms with Gasteiger partial charge in [-0.3, -0.25) is 54.0 Å². The van der Waals surface area contributed by atoms with Gasteiger partial charge in [-0.2, -0.15) is 0 Å². The van der Waals surface area contributed by atoms with E-state index in [0.29, 0.717) is 55.3 Å². The fourth-order valence-corrected chi connectivity index (χ4v) is 10.3. The number of amides is 7. The van der Waals surface area contributed by atoms with Crippen LogP contribution in [0.5, 0.6) is 5.75 Å². The Hall–Kier alpha value is -6.81. The summed E-state index contributed by atoms with van der Waals surface area (Å²) in [6, 6.07) is 12.0. The van der Waals surface area contributed by atoms with E-state index in [4.69, 9.17) is 9.47 Å². The first kappa shape index (κ1) is 47.3. The third-order valence-corrected chi connectivity index (χ3v) is 14.0. The summed E-state index contributed by atoms with van der Waals surface area (Å²) in [4.78, 5) is 104. The smallest absolute Gasteiger partial charge is 0.264 e. The Bertz CT molecular complexity index is 2640. The van der Waals surface area contributed by atoms with Crippen molar-refractivity contribution in [3.05, 3.63) is 99.8 Å². The SMILES string of the molecule is O=C1CCC(N2C(=O)c3cccc(NCCOCCOCCC(=O)N4CCN(C5CCN(c6ccc7c(c6)C(=O)N(C(C(=O)Nc6nccs6)c6cc(F)ccc6O)C7)CC5)CC4)c3C2=O)C(=O)N1. The van der Waals surface area contributed by atoms with Gasteiger partial charge in [0.2, 0.25) is 17.7 Å². The molecule has 4 N–H and O–H groups in total. The summed E-state index contributed by atoms with van der Waals surface area (Å²) in [7, 11) is 0. The Morgan fingerprint density at radius 2 is 1.65 bits per heavy atom. The van der Waals surface area contributed by atoms with Crippen LogP contribution in [0.4, 0.5) is 20.9 Å². The van der Waals surface area contributed by atoms with E-state index in [-0.39, 0.29) is 67.4 Å². The quantitative estimate of drug-likeness (QED) is 0.0881. The van der Waals surface area contributed by atoms with Crippen LogP contribution in [-0.2, 0) is 35.2 Å². The van der Waals surface area contributed by atoms with Gasteiger partial charge in [0.15, 0.2) is 5.13 Å². The molecule has 5 aliphatic rings. The lowest BCUT2D eigenvalue weighted by Gasteiger charge is -2.43. The number of halogens is 1. The molecule has 9 rings (SSSR count). The second-order valence-corrected chi connectivity index (χ2v) is 18.3. The minimum atomic E-state index is -1.30. The summed E-state index contributed by atoms with van der Waals surface area (Å²) in [5.74, 6) is -4.17. The number of carbonyl (C=O) groups is 7. The number of nitrogens with zero attached hydrogens (tertiary/aromatic N) is 6. The molecule has 3 saturated heterocycles. The zero-order chi connectivity index (χ0) is 48.2. The largest absolute Gasteiger partial charge is 0.508 e. The van der Waals surface area contributed by atoms with Crippen molar-refractivity contribution in [2.75, 3.05) is 87.8 Å². The molecule has 21 heteroatoms. The zero-order valence-electron chi connectivity index (χ0n) is 37.7. The molecule has 4 aromatic rings. The molecule has 3 fully saturated rings. The first-order chi connectivity index (χ1) is 33.4. The summed E-state index contributed by atoms with van der Waals surface area (Å²) < 4.78 is 25.8. The van der Waals surface area contributed by atoms with Crippen molar-refractivity contribution < 1.29 is 52.5 Å². The van der Waals surface area contributed by atoms with E-state index in [9.17, 15) is 43.1 Å². The molecule has 5 aliphatic heterocycles. The number of aromatic hydroxyl groups is 1. The number of piperazine rings is 1. The molecule has 0 bridgehead atoms. The van der Waals surface area contributed by atoms with Crippen LogP contribution in [0.1, 0.15) is 80.3 Å². The first-order valence-electron chi connectivity index (χ1n) is 23.1. The van der Waals surface area contributed by atoms with Crippen LogP contribution < -0.4 is 20.9 Å². The highest BCUT2D eigenvalue weighted by Gasteiger charge is 2.46. The Labute approximate surface area is 400 Å². The van der Waals surface area contributed by atoms with Gasteiger partial charge in [-0.1, -0.05) is 12.1 Å². The van der Waals surface area contributed by atoms with Crippen molar-refractivity contribution in [1.29, 1.82) is 0 Å². The summed E-state index contributed by atoms with van der Waals surface area (Å²) >= 11 is 1.20. The fraction of sp³-hybridized carbons (Fsp3) is 0.417. The molecule has 7 amide bonds. The second kappa shape index (κ2) is 20.8. The number of piperidine rings is 2. The summed E-state index contributed by atoms with van der Waals surface area (Å²) in [5, 5.41) is 20.8. The zero-order valence-corrected chi connectivity index (χ0v) is 38.5. The van der Waals surface area contributed by atoms with Crippen LogP contribution in [0.3, 0.4) is 0 Å². The number of hydrogen-bond donors (Lipinski definition) is 4. The van der Waals surface area contributed by atoms with Crippen LogP contribution >= 0.6 is 11.3 Å². The highest BCUT2D eigenvalue weighted by Crippen LogP contribution is 2.38. The minimum Gasteiger partial charge on any atom is -0.508 e. The number of anilines is 3. The van der Waals surface area contributed by atoms with Gasteiger partial charge in [0.25, 0.3) is 23.6 Å². The summed E-state index contributed by atoms with van der Waals surface area (Å²) in [6.07, 6.45) is 3.74. The molecule has 0 radical (unpaired) electrons. The van der Waals surface area contributed by atoms with Crippen molar-refractivity contribution in [2.24, 2.45) is 0 Å². The highest BCUT2D eigenvalue weighted by atomic mass is 32.1. The molecular formula is C48H52FN9O10S. The topological polar surface area (TPSA) is 223 Å². The molecule has 2 unspecified atom stereocenters. The summed E-state index contributed by atoms with van der Waals surface area (Å²) in [5.41, 5.74) is 2.89. The number of benzene rings is 3. The van der Waals surface area contributed by atoms with E-state index in [1.165, 1.54) is 34.6 Å². The Morgan fingerprint density at radius 3 is 2.41 bits per heavy atom. The van der Waals surface area contributed by atoms with Crippen LogP contribution in [0.25, 0.3) is 0 Å². The van der Waals surface area contributed by atoms with Gasteiger partial charge >= 0.3 is 0 Å². The third kappa shape index (κ3) is 10.2. The van der Waals surface area contributed by atoms with Crippen LogP contribution in [-0.4, -0.2) is 155 Å². The number of aromatic nitrogens is 1. The van der Waals surface area contributed by atoms with E-state index < -0.39 is 53.3 Å². The number of phenols is 1. The van der Waals surface area contributed by atoms with Gasteiger partial charge in [0.1, 0.15) is 23.7 Å². The molecule has 0 saturated carbocycles. The molecule has 69 heavy (non-hydrogen) atoms. The van der Waals surface area contributed by atoms with E-state index in [0.717, 1.165) is 67.3 Å². The van der Waals surface area contributed by atoms with Gasteiger partial charge < -0.3 is 34.6 Å². The molecule has 0 spiro atoms.